The number of benzene rings is 1. The van der Waals surface area contributed by atoms with Gasteiger partial charge in [-0.25, -0.2) is 0 Å². The van der Waals surface area contributed by atoms with E-state index in [0.29, 0.717) is 5.41 Å². The monoisotopic (exact) mass is 339 g/mol. The molecule has 0 aliphatic heterocycles. The molecule has 0 heterocycles. The number of nitrogens with two attached hydrogens (primary N) is 1. The molecule has 0 aromatic heterocycles. The van der Waals surface area contributed by atoms with Gasteiger partial charge in [-0.2, -0.15) is 0 Å². The molecular weight excluding hydrogens is 314 g/mol. The summed E-state index contributed by atoms with van der Waals surface area (Å²) in [7, 11) is 1.75. The van der Waals surface area contributed by atoms with E-state index in [1.54, 1.807) is 7.11 Å². The zero-order valence-corrected chi connectivity index (χ0v) is 14.0. The quantitative estimate of drug-likeness (QED) is 0.815. The molecule has 0 saturated heterocycles. The second-order valence-electron chi connectivity index (χ2n) is 6.06. The smallest absolute Gasteiger partial charge is 0.122 e. The average Bonchev–Trinajstić information content (AvgIpc) is 2.47. The highest BCUT2D eigenvalue weighted by Crippen LogP contribution is 2.43. The van der Waals surface area contributed by atoms with E-state index in [1.165, 1.54) is 50.5 Å². The van der Waals surface area contributed by atoms with Crippen LogP contribution in [0.4, 0.5) is 0 Å². The number of aryl methyl sites for hydroxylation is 1. The Morgan fingerprint density at radius 2 is 1.95 bits per heavy atom. The molecule has 3 heteroatoms. The Morgan fingerprint density at radius 1 is 1.20 bits per heavy atom. The van der Waals surface area contributed by atoms with E-state index in [-0.39, 0.29) is 0 Å². The summed E-state index contributed by atoms with van der Waals surface area (Å²) < 4.78 is 6.62. The summed E-state index contributed by atoms with van der Waals surface area (Å²) in [6.45, 7) is 0.815. The molecule has 2 rings (SSSR count). The van der Waals surface area contributed by atoms with Gasteiger partial charge in [0.25, 0.3) is 0 Å². The van der Waals surface area contributed by atoms with Crippen LogP contribution in [0.2, 0.25) is 0 Å². The van der Waals surface area contributed by atoms with Gasteiger partial charge in [0.2, 0.25) is 0 Å². The Hall–Kier alpha value is -0.540. The number of halogens is 1. The average molecular weight is 340 g/mol. The van der Waals surface area contributed by atoms with Gasteiger partial charge in [-0.05, 0) is 67.8 Å². The lowest BCUT2D eigenvalue weighted by atomic mass is 9.68. The molecule has 0 atom stereocenters. The first-order chi connectivity index (χ1) is 9.69. The van der Waals surface area contributed by atoms with Gasteiger partial charge in [0, 0.05) is 4.47 Å². The minimum Gasteiger partial charge on any atom is -0.496 e. The SMILES string of the molecule is COc1ccc(Br)cc1CCC1(CCN)CCCCC1. The van der Waals surface area contributed by atoms with Gasteiger partial charge < -0.3 is 10.5 Å². The highest BCUT2D eigenvalue weighted by molar-refractivity contribution is 9.10. The molecule has 20 heavy (non-hydrogen) atoms. The lowest BCUT2D eigenvalue weighted by molar-refractivity contribution is 0.160. The van der Waals surface area contributed by atoms with E-state index in [9.17, 15) is 0 Å². The Labute approximate surface area is 131 Å². The third kappa shape index (κ3) is 3.98. The highest BCUT2D eigenvalue weighted by Gasteiger charge is 2.30. The number of ether oxygens (including phenoxy) is 1. The van der Waals surface area contributed by atoms with Gasteiger partial charge in [0.15, 0.2) is 0 Å². The summed E-state index contributed by atoms with van der Waals surface area (Å²) in [5.74, 6) is 1.01. The molecule has 0 radical (unpaired) electrons. The zero-order valence-electron chi connectivity index (χ0n) is 12.5. The van der Waals surface area contributed by atoms with Crippen LogP contribution in [0.3, 0.4) is 0 Å². The van der Waals surface area contributed by atoms with Crippen LogP contribution in [-0.4, -0.2) is 13.7 Å². The fourth-order valence-electron chi connectivity index (χ4n) is 3.58. The van der Waals surface area contributed by atoms with Crippen molar-refractivity contribution in [3.8, 4) is 5.75 Å². The van der Waals surface area contributed by atoms with Crippen molar-refractivity contribution in [3.63, 3.8) is 0 Å². The molecule has 1 saturated carbocycles. The van der Waals surface area contributed by atoms with Crippen LogP contribution in [0.5, 0.6) is 5.75 Å². The van der Waals surface area contributed by atoms with E-state index in [2.05, 4.69) is 28.1 Å². The van der Waals surface area contributed by atoms with Crippen LogP contribution in [0.1, 0.15) is 50.5 Å². The Bertz CT molecular complexity index is 421. The van der Waals surface area contributed by atoms with Crippen molar-refractivity contribution in [2.75, 3.05) is 13.7 Å². The van der Waals surface area contributed by atoms with Gasteiger partial charge in [0.1, 0.15) is 5.75 Å². The van der Waals surface area contributed by atoms with Crippen LogP contribution in [0.25, 0.3) is 0 Å². The molecule has 2 nitrogen and oxygen atoms in total. The van der Waals surface area contributed by atoms with Crippen molar-refractivity contribution < 1.29 is 4.74 Å². The Kier molecular flexibility index (Phi) is 5.91. The van der Waals surface area contributed by atoms with E-state index in [0.717, 1.165) is 23.2 Å². The van der Waals surface area contributed by atoms with Crippen molar-refractivity contribution in [1.82, 2.24) is 0 Å². The van der Waals surface area contributed by atoms with Crippen LogP contribution >= 0.6 is 15.9 Å². The first kappa shape index (κ1) is 15.8. The summed E-state index contributed by atoms with van der Waals surface area (Å²) >= 11 is 3.56. The van der Waals surface area contributed by atoms with Gasteiger partial charge in [0.05, 0.1) is 7.11 Å². The van der Waals surface area contributed by atoms with Crippen LogP contribution in [-0.2, 0) is 6.42 Å². The maximum absolute atomic E-state index is 5.86. The molecule has 1 aromatic carbocycles. The van der Waals surface area contributed by atoms with E-state index < -0.39 is 0 Å². The topological polar surface area (TPSA) is 35.2 Å². The van der Waals surface area contributed by atoms with Gasteiger partial charge in [-0.1, -0.05) is 35.2 Å². The zero-order chi connectivity index (χ0) is 14.4. The number of methoxy groups -OCH3 is 1. The molecule has 112 valence electrons. The molecule has 0 spiro atoms. The summed E-state index contributed by atoms with van der Waals surface area (Å²) in [6, 6.07) is 6.28. The molecule has 1 aliphatic rings. The summed E-state index contributed by atoms with van der Waals surface area (Å²) in [6.07, 6.45) is 10.3. The largest absolute Gasteiger partial charge is 0.496 e. The number of hydrogen-bond donors (Lipinski definition) is 1. The predicted molar refractivity (Wildman–Crippen MR) is 88.2 cm³/mol. The Morgan fingerprint density at radius 3 is 2.60 bits per heavy atom. The molecule has 1 aromatic rings. The van der Waals surface area contributed by atoms with Gasteiger partial charge in [-0.15, -0.1) is 0 Å². The molecular formula is C17H26BrNO. The number of hydrogen-bond acceptors (Lipinski definition) is 2. The lowest BCUT2D eigenvalue weighted by Crippen LogP contribution is -2.28. The maximum atomic E-state index is 5.86. The minimum absolute atomic E-state index is 0.473. The maximum Gasteiger partial charge on any atom is 0.122 e. The highest BCUT2D eigenvalue weighted by atomic mass is 79.9. The van der Waals surface area contributed by atoms with E-state index >= 15 is 0 Å². The third-order valence-corrected chi connectivity index (χ3v) is 5.25. The predicted octanol–water partition coefficient (Wildman–Crippen LogP) is 4.69. The van der Waals surface area contributed by atoms with Crippen molar-refractivity contribution in [2.24, 2.45) is 11.1 Å². The molecule has 0 amide bonds. The van der Waals surface area contributed by atoms with Crippen molar-refractivity contribution in [1.29, 1.82) is 0 Å². The fourth-order valence-corrected chi connectivity index (χ4v) is 3.98. The first-order valence-corrected chi connectivity index (χ1v) is 8.51. The minimum atomic E-state index is 0.473. The summed E-state index contributed by atoms with van der Waals surface area (Å²) in [5, 5.41) is 0. The second kappa shape index (κ2) is 7.46. The van der Waals surface area contributed by atoms with Crippen molar-refractivity contribution >= 4 is 15.9 Å². The normalized spacial score (nSPS) is 17.9. The van der Waals surface area contributed by atoms with Crippen molar-refractivity contribution in [3.05, 3.63) is 28.2 Å². The van der Waals surface area contributed by atoms with Crippen molar-refractivity contribution in [2.45, 2.75) is 51.4 Å². The van der Waals surface area contributed by atoms with E-state index in [1.807, 2.05) is 6.07 Å². The number of rotatable bonds is 6. The van der Waals surface area contributed by atoms with Gasteiger partial charge >= 0.3 is 0 Å². The lowest BCUT2D eigenvalue weighted by Gasteiger charge is -2.37. The van der Waals surface area contributed by atoms with Gasteiger partial charge in [-0.3, -0.25) is 0 Å². The summed E-state index contributed by atoms with van der Waals surface area (Å²) in [4.78, 5) is 0. The molecule has 1 fully saturated rings. The summed E-state index contributed by atoms with van der Waals surface area (Å²) in [5.41, 5.74) is 7.64. The standard InChI is InChI=1S/C17H26BrNO/c1-20-16-6-5-15(18)13-14(16)7-10-17(11-12-19)8-3-2-4-9-17/h5-6,13H,2-4,7-12,19H2,1H3. The van der Waals surface area contributed by atoms with Crippen LogP contribution in [0, 0.1) is 5.41 Å². The fraction of sp³-hybridized carbons (Fsp3) is 0.647. The van der Waals surface area contributed by atoms with E-state index in [4.69, 9.17) is 10.5 Å². The molecule has 1 aliphatic carbocycles. The molecule has 2 N–H and O–H groups in total. The second-order valence-corrected chi connectivity index (χ2v) is 6.97. The molecule has 0 unspecified atom stereocenters. The third-order valence-electron chi connectivity index (χ3n) is 4.76. The van der Waals surface area contributed by atoms with Crippen LogP contribution in [0.15, 0.2) is 22.7 Å². The first-order valence-electron chi connectivity index (χ1n) is 7.72. The molecule has 0 bridgehead atoms. The Balaban J connectivity index is 2.07. The van der Waals surface area contributed by atoms with Crippen LogP contribution < -0.4 is 10.5 Å².